The summed E-state index contributed by atoms with van der Waals surface area (Å²) >= 11 is 0. The Labute approximate surface area is 152 Å². The summed E-state index contributed by atoms with van der Waals surface area (Å²) in [4.78, 5) is 12.3. The number of sulfonamides is 1. The number of nitrogens with zero attached hydrogens (tertiary/aromatic N) is 2. The molecule has 1 aromatic carbocycles. The van der Waals surface area contributed by atoms with Crippen LogP contribution in [-0.2, 0) is 14.8 Å². The SMILES string of the molecule is CCC(=O)N1N=C(c2ccccc2NS(=O)(=O)CC)C[C@H]1c1ccco1. The molecule has 0 fully saturated rings. The van der Waals surface area contributed by atoms with Gasteiger partial charge in [0.1, 0.15) is 11.8 Å². The molecule has 1 aromatic heterocycles. The molecular weight excluding hydrogens is 354 g/mol. The van der Waals surface area contributed by atoms with Crippen molar-refractivity contribution in [2.45, 2.75) is 32.7 Å². The lowest BCUT2D eigenvalue weighted by molar-refractivity contribution is -0.133. The van der Waals surface area contributed by atoms with Crippen molar-refractivity contribution < 1.29 is 17.6 Å². The molecule has 1 atom stereocenters. The Morgan fingerprint density at radius 2 is 2.04 bits per heavy atom. The molecule has 0 spiro atoms. The Morgan fingerprint density at radius 1 is 1.27 bits per heavy atom. The van der Waals surface area contributed by atoms with Crippen LogP contribution in [0.15, 0.2) is 52.2 Å². The molecular formula is C18H21N3O4S. The first-order chi connectivity index (χ1) is 12.4. The molecule has 1 N–H and O–H groups in total. The fourth-order valence-corrected chi connectivity index (χ4v) is 3.49. The number of hydrogen-bond donors (Lipinski definition) is 1. The predicted octanol–water partition coefficient (Wildman–Crippen LogP) is 3.13. The largest absolute Gasteiger partial charge is 0.467 e. The van der Waals surface area contributed by atoms with Crippen LogP contribution in [0.3, 0.4) is 0 Å². The van der Waals surface area contributed by atoms with Gasteiger partial charge in [0.15, 0.2) is 0 Å². The van der Waals surface area contributed by atoms with Crippen molar-refractivity contribution in [2.24, 2.45) is 5.10 Å². The summed E-state index contributed by atoms with van der Waals surface area (Å²) in [6, 6.07) is 10.3. The molecule has 0 bridgehead atoms. The number of amides is 1. The second kappa shape index (κ2) is 7.33. The van der Waals surface area contributed by atoms with Crippen LogP contribution in [0.5, 0.6) is 0 Å². The van der Waals surface area contributed by atoms with Crippen LogP contribution in [0, 0.1) is 0 Å². The van der Waals surface area contributed by atoms with E-state index in [-0.39, 0.29) is 17.7 Å². The monoisotopic (exact) mass is 375 g/mol. The fraction of sp³-hybridized carbons (Fsp3) is 0.333. The zero-order chi connectivity index (χ0) is 18.7. The summed E-state index contributed by atoms with van der Waals surface area (Å²) in [5, 5.41) is 5.92. The average molecular weight is 375 g/mol. The van der Waals surface area contributed by atoms with Gasteiger partial charge >= 0.3 is 0 Å². The quantitative estimate of drug-likeness (QED) is 0.839. The normalized spacial score (nSPS) is 17.2. The van der Waals surface area contributed by atoms with Crippen molar-refractivity contribution in [2.75, 3.05) is 10.5 Å². The van der Waals surface area contributed by atoms with Crippen molar-refractivity contribution >= 4 is 27.3 Å². The van der Waals surface area contributed by atoms with Gasteiger partial charge in [-0.15, -0.1) is 0 Å². The van der Waals surface area contributed by atoms with Gasteiger partial charge in [-0.1, -0.05) is 25.1 Å². The van der Waals surface area contributed by atoms with Crippen molar-refractivity contribution in [1.82, 2.24) is 5.01 Å². The first-order valence-corrected chi connectivity index (χ1v) is 10.1. The van der Waals surface area contributed by atoms with E-state index in [1.54, 1.807) is 44.4 Å². The third-order valence-electron chi connectivity index (χ3n) is 4.22. The molecule has 1 aliphatic rings. The minimum Gasteiger partial charge on any atom is -0.467 e. The molecule has 7 nitrogen and oxygen atoms in total. The predicted molar refractivity (Wildman–Crippen MR) is 99.3 cm³/mol. The molecule has 8 heteroatoms. The standard InChI is InChI=1S/C18H21N3O4S/c1-3-18(22)21-16(17-10-7-11-25-17)12-15(19-21)13-8-5-6-9-14(13)20-26(23,24)4-2/h5-11,16,20H,3-4,12H2,1-2H3/t16-/m0/s1. The molecule has 0 aliphatic carbocycles. The van der Waals surface area contributed by atoms with Crippen molar-refractivity contribution in [3.63, 3.8) is 0 Å². The second-order valence-electron chi connectivity index (χ2n) is 5.92. The Hall–Kier alpha value is -2.61. The van der Waals surface area contributed by atoms with Gasteiger partial charge < -0.3 is 4.42 Å². The minimum absolute atomic E-state index is 0.0245. The van der Waals surface area contributed by atoms with Gasteiger partial charge in [-0.2, -0.15) is 5.10 Å². The van der Waals surface area contributed by atoms with Gasteiger partial charge in [0.05, 0.1) is 23.4 Å². The number of hydrogen-bond acceptors (Lipinski definition) is 5. The molecule has 26 heavy (non-hydrogen) atoms. The van der Waals surface area contributed by atoms with E-state index in [9.17, 15) is 13.2 Å². The van der Waals surface area contributed by atoms with Gasteiger partial charge in [0.2, 0.25) is 15.9 Å². The zero-order valence-electron chi connectivity index (χ0n) is 14.7. The van der Waals surface area contributed by atoms with E-state index >= 15 is 0 Å². The molecule has 2 aromatic rings. The Morgan fingerprint density at radius 3 is 2.69 bits per heavy atom. The summed E-state index contributed by atoms with van der Waals surface area (Å²) in [5.41, 5.74) is 1.76. The smallest absolute Gasteiger partial charge is 0.243 e. The lowest BCUT2D eigenvalue weighted by atomic mass is 10.0. The van der Waals surface area contributed by atoms with Crippen molar-refractivity contribution in [3.8, 4) is 0 Å². The fourth-order valence-electron chi connectivity index (χ4n) is 2.83. The van der Waals surface area contributed by atoms with Crippen molar-refractivity contribution in [1.29, 1.82) is 0 Å². The summed E-state index contributed by atoms with van der Waals surface area (Å²) in [6.45, 7) is 3.35. The topological polar surface area (TPSA) is 92.0 Å². The number of hydrazone groups is 1. The highest BCUT2D eigenvalue weighted by Gasteiger charge is 2.34. The first kappa shape index (κ1) is 18.2. The first-order valence-electron chi connectivity index (χ1n) is 8.48. The molecule has 1 aliphatic heterocycles. The molecule has 138 valence electrons. The maximum absolute atomic E-state index is 12.3. The minimum atomic E-state index is -3.42. The summed E-state index contributed by atoms with van der Waals surface area (Å²) in [7, 11) is -3.42. The highest BCUT2D eigenvalue weighted by Crippen LogP contribution is 2.35. The molecule has 0 unspecified atom stereocenters. The average Bonchev–Trinajstić information content (AvgIpc) is 3.30. The number of carbonyl (C=O) groups is 1. The number of benzene rings is 1. The summed E-state index contributed by atoms with van der Waals surface area (Å²) in [5.74, 6) is 0.508. The zero-order valence-corrected chi connectivity index (χ0v) is 15.5. The van der Waals surface area contributed by atoms with E-state index in [0.717, 1.165) is 0 Å². The number of rotatable bonds is 6. The third kappa shape index (κ3) is 3.65. The van der Waals surface area contributed by atoms with Gasteiger partial charge in [-0.25, -0.2) is 13.4 Å². The molecule has 0 saturated carbocycles. The van der Waals surface area contributed by atoms with E-state index in [1.807, 2.05) is 12.1 Å². The maximum Gasteiger partial charge on any atom is 0.243 e. The van der Waals surface area contributed by atoms with E-state index in [1.165, 1.54) is 5.01 Å². The van der Waals surface area contributed by atoms with Gasteiger partial charge in [-0.05, 0) is 25.1 Å². The van der Waals surface area contributed by atoms with Crippen LogP contribution in [0.1, 0.15) is 44.1 Å². The summed E-state index contributed by atoms with van der Waals surface area (Å²) < 4.78 is 32.0. The van der Waals surface area contributed by atoms with E-state index in [4.69, 9.17) is 4.42 Å². The lowest BCUT2D eigenvalue weighted by Gasteiger charge is -2.18. The Balaban J connectivity index is 1.98. The number of carbonyl (C=O) groups excluding carboxylic acids is 1. The third-order valence-corrected chi connectivity index (χ3v) is 5.51. The molecule has 3 rings (SSSR count). The van der Waals surface area contributed by atoms with Crippen LogP contribution >= 0.6 is 0 Å². The van der Waals surface area contributed by atoms with Gasteiger partial charge in [0.25, 0.3) is 0 Å². The van der Waals surface area contributed by atoms with E-state index in [0.29, 0.717) is 35.6 Å². The number of nitrogens with one attached hydrogen (secondary N) is 1. The van der Waals surface area contributed by atoms with Crippen LogP contribution in [0.25, 0.3) is 0 Å². The van der Waals surface area contributed by atoms with E-state index < -0.39 is 10.0 Å². The van der Waals surface area contributed by atoms with Crippen LogP contribution in [-0.4, -0.2) is 30.8 Å². The summed E-state index contributed by atoms with van der Waals surface area (Å²) in [6.07, 6.45) is 2.33. The maximum atomic E-state index is 12.3. The van der Waals surface area contributed by atoms with Crippen LogP contribution in [0.2, 0.25) is 0 Å². The lowest BCUT2D eigenvalue weighted by Crippen LogP contribution is -2.25. The van der Waals surface area contributed by atoms with Gasteiger partial charge in [-0.3, -0.25) is 9.52 Å². The molecule has 0 saturated heterocycles. The number of furan rings is 1. The molecule has 0 radical (unpaired) electrons. The van der Waals surface area contributed by atoms with Crippen LogP contribution in [0.4, 0.5) is 5.69 Å². The second-order valence-corrected chi connectivity index (χ2v) is 7.94. The Bertz CT molecular complexity index is 920. The van der Waals surface area contributed by atoms with Crippen molar-refractivity contribution in [3.05, 3.63) is 54.0 Å². The Kier molecular flexibility index (Phi) is 5.13. The highest BCUT2D eigenvalue weighted by atomic mass is 32.2. The molecule has 1 amide bonds. The highest BCUT2D eigenvalue weighted by molar-refractivity contribution is 7.92. The molecule has 2 heterocycles. The van der Waals surface area contributed by atoms with Crippen LogP contribution < -0.4 is 4.72 Å². The van der Waals surface area contributed by atoms with Gasteiger partial charge in [0, 0.05) is 18.4 Å². The number of para-hydroxylation sites is 1. The van der Waals surface area contributed by atoms with E-state index in [2.05, 4.69) is 9.82 Å². The number of anilines is 1.